The zero-order valence-electron chi connectivity index (χ0n) is 12.6. The van der Waals surface area contributed by atoms with E-state index in [1.54, 1.807) is 0 Å². The van der Waals surface area contributed by atoms with E-state index >= 15 is 0 Å². The number of nitrogens with one attached hydrogen (secondary N) is 1. The van der Waals surface area contributed by atoms with E-state index in [4.69, 9.17) is 4.74 Å². The molecule has 0 bridgehead atoms. The van der Waals surface area contributed by atoms with Crippen LogP contribution in [0.2, 0.25) is 0 Å². The zero-order valence-corrected chi connectivity index (χ0v) is 12.6. The Morgan fingerprint density at radius 3 is 2.61 bits per heavy atom. The molecule has 18 heavy (non-hydrogen) atoms. The largest absolute Gasteiger partial charge is 0.449 e. The van der Waals surface area contributed by atoms with E-state index in [-0.39, 0.29) is 11.6 Å². The van der Waals surface area contributed by atoms with Crippen LogP contribution in [-0.2, 0) is 4.74 Å². The van der Waals surface area contributed by atoms with Crippen LogP contribution in [0.1, 0.15) is 60.3 Å². The smallest absolute Gasteiger partial charge is 0.407 e. The summed E-state index contributed by atoms with van der Waals surface area (Å²) in [5.41, 5.74) is -0.164. The fourth-order valence-electron chi connectivity index (χ4n) is 2.73. The molecular weight excluding hydrogens is 226 g/mol. The van der Waals surface area contributed by atoms with Gasteiger partial charge in [-0.2, -0.15) is 0 Å². The summed E-state index contributed by atoms with van der Waals surface area (Å²) in [7, 11) is 0. The van der Waals surface area contributed by atoms with Crippen LogP contribution in [0.5, 0.6) is 0 Å². The van der Waals surface area contributed by atoms with Gasteiger partial charge in [0, 0.05) is 5.54 Å². The highest BCUT2D eigenvalue weighted by Crippen LogP contribution is 2.35. The first kappa shape index (κ1) is 15.3. The Hall–Kier alpha value is -0.730. The van der Waals surface area contributed by atoms with Crippen molar-refractivity contribution in [3.05, 3.63) is 0 Å². The summed E-state index contributed by atoms with van der Waals surface area (Å²) >= 11 is 0. The van der Waals surface area contributed by atoms with E-state index in [0.29, 0.717) is 18.4 Å². The lowest BCUT2D eigenvalue weighted by atomic mass is 9.73. The normalized spacial score (nSPS) is 25.0. The number of amides is 1. The summed E-state index contributed by atoms with van der Waals surface area (Å²) in [4.78, 5) is 11.8. The van der Waals surface area contributed by atoms with Gasteiger partial charge in [0.05, 0.1) is 6.61 Å². The van der Waals surface area contributed by atoms with Gasteiger partial charge < -0.3 is 10.1 Å². The number of hydrogen-bond donors (Lipinski definition) is 1. The molecule has 0 aliphatic heterocycles. The third kappa shape index (κ3) is 4.87. The van der Waals surface area contributed by atoms with Gasteiger partial charge in [-0.05, 0) is 44.4 Å². The molecule has 0 aromatic carbocycles. The van der Waals surface area contributed by atoms with Crippen molar-refractivity contribution in [3.8, 4) is 0 Å². The van der Waals surface area contributed by atoms with Gasteiger partial charge >= 0.3 is 6.09 Å². The second kappa shape index (κ2) is 6.44. The molecular formula is C15H29NO2. The highest BCUT2D eigenvalue weighted by Gasteiger charge is 2.34. The molecule has 0 radical (unpaired) electrons. The van der Waals surface area contributed by atoms with Gasteiger partial charge in [0.2, 0.25) is 0 Å². The fourth-order valence-corrected chi connectivity index (χ4v) is 2.73. The Morgan fingerprint density at radius 2 is 2.06 bits per heavy atom. The molecule has 0 heterocycles. The maximum Gasteiger partial charge on any atom is 0.407 e. The van der Waals surface area contributed by atoms with E-state index < -0.39 is 0 Å². The van der Waals surface area contributed by atoms with Gasteiger partial charge in [0.25, 0.3) is 0 Å². The second-order valence-corrected chi connectivity index (χ2v) is 6.81. The van der Waals surface area contributed by atoms with Crippen molar-refractivity contribution in [2.75, 3.05) is 6.61 Å². The number of carbonyl (C=O) groups excluding carboxylic acids is 1. The van der Waals surface area contributed by atoms with Crippen molar-refractivity contribution in [1.29, 1.82) is 0 Å². The van der Waals surface area contributed by atoms with Gasteiger partial charge in [0.15, 0.2) is 0 Å². The Balaban J connectivity index is 2.44. The van der Waals surface area contributed by atoms with E-state index in [0.717, 1.165) is 5.92 Å². The van der Waals surface area contributed by atoms with Gasteiger partial charge in [-0.15, -0.1) is 0 Å². The first-order valence-electron chi connectivity index (χ1n) is 7.26. The first-order chi connectivity index (χ1) is 8.31. The van der Waals surface area contributed by atoms with Crippen LogP contribution in [0.15, 0.2) is 0 Å². The van der Waals surface area contributed by atoms with Crippen LogP contribution in [0.25, 0.3) is 0 Å². The third-order valence-electron chi connectivity index (χ3n) is 3.93. The van der Waals surface area contributed by atoms with Crippen molar-refractivity contribution >= 4 is 6.09 Å². The summed E-state index contributed by atoms with van der Waals surface area (Å²) < 4.78 is 5.21. The molecule has 0 saturated heterocycles. The van der Waals surface area contributed by atoms with Crippen LogP contribution < -0.4 is 5.32 Å². The Labute approximate surface area is 112 Å². The molecule has 1 N–H and O–H groups in total. The molecule has 106 valence electrons. The molecule has 0 spiro atoms. The molecule has 3 nitrogen and oxygen atoms in total. The van der Waals surface area contributed by atoms with E-state index in [9.17, 15) is 4.79 Å². The molecule has 1 fully saturated rings. The molecule has 0 aromatic rings. The van der Waals surface area contributed by atoms with Crippen LogP contribution in [0.3, 0.4) is 0 Å². The summed E-state index contributed by atoms with van der Waals surface area (Å²) in [6, 6.07) is 0. The Bertz CT molecular complexity index is 274. The average Bonchev–Trinajstić information content (AvgIpc) is 2.26. The third-order valence-corrected chi connectivity index (χ3v) is 3.93. The van der Waals surface area contributed by atoms with E-state index in [1.807, 2.05) is 13.8 Å². The zero-order chi connectivity index (χ0) is 13.8. The molecule has 1 saturated carbocycles. The van der Waals surface area contributed by atoms with Crippen LogP contribution in [0.4, 0.5) is 4.79 Å². The quantitative estimate of drug-likeness (QED) is 0.825. The van der Waals surface area contributed by atoms with Crippen molar-refractivity contribution < 1.29 is 9.53 Å². The fraction of sp³-hybridized carbons (Fsp3) is 0.933. The van der Waals surface area contributed by atoms with Gasteiger partial charge in [-0.1, -0.05) is 33.6 Å². The van der Waals surface area contributed by atoms with Gasteiger partial charge in [0.1, 0.15) is 0 Å². The molecule has 2 atom stereocenters. The second-order valence-electron chi connectivity index (χ2n) is 6.81. The predicted octanol–water partition coefficient (Wildman–Crippen LogP) is 3.97. The number of carbonyl (C=O) groups is 1. The van der Waals surface area contributed by atoms with Gasteiger partial charge in [-0.3, -0.25) is 0 Å². The van der Waals surface area contributed by atoms with Crippen molar-refractivity contribution in [2.45, 2.75) is 65.8 Å². The minimum absolute atomic E-state index is 0.164. The number of hydrogen-bond acceptors (Lipinski definition) is 2. The monoisotopic (exact) mass is 255 g/mol. The standard InChI is InChI=1S/C15H29NO2/c1-11(2)10-18-14(17)16-15(4,5)13-8-6-7-12(3)9-13/h11-13H,6-10H2,1-5H3,(H,16,17). The summed E-state index contributed by atoms with van der Waals surface area (Å²) in [5, 5.41) is 3.04. The molecule has 1 aliphatic carbocycles. The minimum Gasteiger partial charge on any atom is -0.449 e. The molecule has 2 unspecified atom stereocenters. The number of rotatable bonds is 4. The minimum atomic E-state index is -0.271. The molecule has 0 aromatic heterocycles. The lowest BCUT2D eigenvalue weighted by Gasteiger charge is -2.39. The van der Waals surface area contributed by atoms with Crippen molar-refractivity contribution in [3.63, 3.8) is 0 Å². The maximum atomic E-state index is 11.8. The highest BCUT2D eigenvalue weighted by atomic mass is 16.5. The van der Waals surface area contributed by atoms with Gasteiger partial charge in [-0.25, -0.2) is 4.79 Å². The Morgan fingerprint density at radius 1 is 1.39 bits per heavy atom. The van der Waals surface area contributed by atoms with E-state index in [2.05, 4.69) is 26.1 Å². The lowest BCUT2D eigenvalue weighted by Crippen LogP contribution is -2.50. The topological polar surface area (TPSA) is 38.3 Å². The van der Waals surface area contributed by atoms with Crippen molar-refractivity contribution in [2.24, 2.45) is 17.8 Å². The summed E-state index contributed by atoms with van der Waals surface area (Å²) in [5.74, 6) is 1.72. The predicted molar refractivity (Wildman–Crippen MR) is 74.5 cm³/mol. The summed E-state index contributed by atoms with van der Waals surface area (Å²) in [6.07, 6.45) is 4.74. The van der Waals surface area contributed by atoms with E-state index in [1.165, 1.54) is 25.7 Å². The van der Waals surface area contributed by atoms with Crippen LogP contribution in [0, 0.1) is 17.8 Å². The number of ether oxygens (including phenoxy) is 1. The molecule has 1 amide bonds. The SMILES string of the molecule is CC(C)COC(=O)NC(C)(C)C1CCCC(C)C1. The molecule has 3 heteroatoms. The van der Waals surface area contributed by atoms with Crippen LogP contribution >= 0.6 is 0 Å². The average molecular weight is 255 g/mol. The van der Waals surface area contributed by atoms with Crippen LogP contribution in [-0.4, -0.2) is 18.2 Å². The van der Waals surface area contributed by atoms with Crippen molar-refractivity contribution in [1.82, 2.24) is 5.32 Å². The maximum absolute atomic E-state index is 11.8. The number of alkyl carbamates (subject to hydrolysis) is 1. The summed E-state index contributed by atoms with van der Waals surface area (Å²) in [6.45, 7) is 11.1. The highest BCUT2D eigenvalue weighted by molar-refractivity contribution is 5.68. The molecule has 1 rings (SSSR count). The first-order valence-corrected chi connectivity index (χ1v) is 7.26. The lowest BCUT2D eigenvalue weighted by molar-refractivity contribution is 0.104. The Kier molecular flexibility index (Phi) is 5.48. The molecule has 1 aliphatic rings.